The number of unbranched alkanes of at least 4 members (excludes halogenated alkanes) is 52. The van der Waals surface area contributed by atoms with Crippen LogP contribution in [-0.2, 0) is 65.4 Å². The molecule has 0 saturated carbocycles. The summed E-state index contributed by atoms with van der Waals surface area (Å²) in [6.07, 6.45) is 65.7. The monoisotopic (exact) mass is 1490 g/mol. The molecular weight excluding hydrogens is 1330 g/mol. The zero-order valence-electron chi connectivity index (χ0n) is 66.9. The van der Waals surface area contributed by atoms with Crippen molar-refractivity contribution in [2.75, 3.05) is 39.6 Å². The van der Waals surface area contributed by atoms with Crippen molar-refractivity contribution in [3.05, 3.63) is 0 Å². The van der Waals surface area contributed by atoms with Gasteiger partial charge in [0.05, 0.1) is 26.4 Å². The fourth-order valence-corrected chi connectivity index (χ4v) is 14.5. The van der Waals surface area contributed by atoms with E-state index in [1.807, 2.05) is 0 Å². The fourth-order valence-electron chi connectivity index (χ4n) is 12.9. The van der Waals surface area contributed by atoms with E-state index in [0.717, 1.165) is 108 Å². The van der Waals surface area contributed by atoms with E-state index in [1.54, 1.807) is 0 Å². The third kappa shape index (κ3) is 76.3. The molecule has 19 heteroatoms. The van der Waals surface area contributed by atoms with Gasteiger partial charge in [0, 0.05) is 25.7 Å². The van der Waals surface area contributed by atoms with Crippen molar-refractivity contribution in [1.82, 2.24) is 0 Å². The number of esters is 4. The minimum atomic E-state index is -4.96. The van der Waals surface area contributed by atoms with Gasteiger partial charge in [0.2, 0.25) is 0 Å². The van der Waals surface area contributed by atoms with E-state index >= 15 is 0 Å². The Morgan fingerprint density at radius 3 is 0.667 bits per heavy atom. The number of aliphatic hydroxyl groups excluding tert-OH is 1. The second-order valence-corrected chi connectivity index (χ2v) is 33.7. The Bertz CT molecular complexity index is 1960. The lowest BCUT2D eigenvalue weighted by Gasteiger charge is -2.21. The van der Waals surface area contributed by atoms with Gasteiger partial charge in [-0.3, -0.25) is 37.3 Å². The summed E-state index contributed by atoms with van der Waals surface area (Å²) >= 11 is 0. The normalized spacial score (nSPS) is 13.9. The highest BCUT2D eigenvalue weighted by Crippen LogP contribution is 2.45. The van der Waals surface area contributed by atoms with E-state index in [-0.39, 0.29) is 25.7 Å². The van der Waals surface area contributed by atoms with Gasteiger partial charge in [0.15, 0.2) is 12.2 Å². The molecule has 0 aliphatic rings. The average molecular weight is 1490 g/mol. The quantitative estimate of drug-likeness (QED) is 0.0222. The SMILES string of the molecule is CCCCCCCCCCCCCCCCCCCCC(=O)O[C@H](COC(=O)CCCCCCC)COP(=O)(O)OC[C@H](O)COP(=O)(O)OC[C@@H](COC(=O)CCCCCCCCCCCCCCCCCC(C)C)OC(=O)CCCCCCCCCCCCCCCCCCCCC(C)C. The molecule has 5 atom stereocenters. The summed E-state index contributed by atoms with van der Waals surface area (Å²) in [7, 11) is -9.91. The summed E-state index contributed by atoms with van der Waals surface area (Å²) in [5.74, 6) is -0.491. The molecule has 3 N–H and O–H groups in total. The van der Waals surface area contributed by atoms with Gasteiger partial charge in [0.25, 0.3) is 0 Å². The Balaban J connectivity index is 5.11. The largest absolute Gasteiger partial charge is 0.472 e. The average Bonchev–Trinajstić information content (AvgIpc) is 0.919. The molecule has 102 heavy (non-hydrogen) atoms. The van der Waals surface area contributed by atoms with Crippen molar-refractivity contribution in [3.8, 4) is 0 Å². The molecule has 0 amide bonds. The predicted octanol–water partition coefficient (Wildman–Crippen LogP) is 25.1. The Morgan fingerprint density at radius 2 is 0.451 bits per heavy atom. The van der Waals surface area contributed by atoms with E-state index in [2.05, 4.69) is 41.5 Å². The molecule has 606 valence electrons. The first-order valence-corrected chi connectivity index (χ1v) is 46.0. The number of phosphoric ester groups is 2. The summed E-state index contributed by atoms with van der Waals surface area (Å²) in [4.78, 5) is 72.8. The third-order valence-corrected chi connectivity index (χ3v) is 21.4. The van der Waals surface area contributed by atoms with Crippen LogP contribution in [-0.4, -0.2) is 96.7 Å². The fraction of sp³-hybridized carbons (Fsp3) is 0.952. The second kappa shape index (κ2) is 74.5. The second-order valence-electron chi connectivity index (χ2n) is 30.8. The van der Waals surface area contributed by atoms with E-state index in [1.165, 1.54) is 250 Å². The first kappa shape index (κ1) is 100. The molecule has 0 saturated heterocycles. The summed E-state index contributed by atoms with van der Waals surface area (Å²) in [6.45, 7) is 9.63. The molecule has 17 nitrogen and oxygen atoms in total. The van der Waals surface area contributed by atoms with Crippen molar-refractivity contribution in [2.45, 2.75) is 458 Å². The van der Waals surface area contributed by atoms with Crippen molar-refractivity contribution in [3.63, 3.8) is 0 Å². The zero-order valence-corrected chi connectivity index (χ0v) is 68.7. The summed E-state index contributed by atoms with van der Waals surface area (Å²) in [5.41, 5.74) is 0. The molecule has 0 rings (SSSR count). The van der Waals surface area contributed by atoms with Gasteiger partial charge < -0.3 is 33.8 Å². The number of aliphatic hydroxyl groups is 1. The van der Waals surface area contributed by atoms with Gasteiger partial charge in [-0.2, -0.15) is 0 Å². The highest BCUT2D eigenvalue weighted by molar-refractivity contribution is 7.47. The van der Waals surface area contributed by atoms with Crippen LogP contribution in [0.5, 0.6) is 0 Å². The molecule has 0 spiro atoms. The van der Waals surface area contributed by atoms with Crippen LogP contribution >= 0.6 is 15.6 Å². The maximum atomic E-state index is 13.1. The van der Waals surface area contributed by atoms with Crippen LogP contribution in [0.3, 0.4) is 0 Å². The first-order valence-electron chi connectivity index (χ1n) is 43.0. The smallest absolute Gasteiger partial charge is 0.462 e. The Morgan fingerprint density at radius 1 is 0.265 bits per heavy atom. The van der Waals surface area contributed by atoms with Crippen molar-refractivity contribution >= 4 is 39.5 Å². The summed E-state index contributed by atoms with van der Waals surface area (Å²) in [6, 6.07) is 0. The molecule has 0 heterocycles. The van der Waals surface area contributed by atoms with E-state index < -0.39 is 97.5 Å². The van der Waals surface area contributed by atoms with Gasteiger partial charge in [0.1, 0.15) is 19.3 Å². The first-order chi connectivity index (χ1) is 49.4. The standard InChI is InChI=1S/C83H162O17P2/c1-7-9-11-13-14-15-16-17-18-19-23-28-34-39-44-49-55-61-67-82(87)99-78(71-93-80(85)65-59-51-12-10-8-2)73-97-101(89,90)95-69-77(84)70-96-102(91,92)98-74-79(72-94-81(86)66-60-54-48-43-38-33-30-25-27-32-37-42-47-53-58-64-76(5)6)100-83(88)68-62-56-50-45-40-35-29-24-21-20-22-26-31-36-41-46-52-57-63-75(3)4/h75-79,84H,7-74H2,1-6H3,(H,89,90)(H,91,92)/t77-,78+,79+/m0/s1. The highest BCUT2D eigenvalue weighted by Gasteiger charge is 2.30. The predicted molar refractivity (Wildman–Crippen MR) is 418 cm³/mol. The molecule has 0 bridgehead atoms. The van der Waals surface area contributed by atoms with Crippen LogP contribution in [0.1, 0.15) is 440 Å². The Kier molecular flexibility index (Phi) is 73.1. The van der Waals surface area contributed by atoms with Crippen molar-refractivity contribution in [2.24, 2.45) is 11.8 Å². The molecule has 0 aromatic heterocycles. The molecule has 0 aliphatic heterocycles. The summed E-state index contributed by atoms with van der Waals surface area (Å²) in [5, 5.41) is 10.6. The molecular formula is C83H162O17P2. The maximum absolute atomic E-state index is 13.1. The molecule has 0 aromatic rings. The number of hydrogen-bond donors (Lipinski definition) is 3. The van der Waals surface area contributed by atoms with Crippen molar-refractivity contribution < 1.29 is 80.2 Å². The number of carbonyl (C=O) groups excluding carboxylic acids is 4. The third-order valence-electron chi connectivity index (χ3n) is 19.5. The lowest BCUT2D eigenvalue weighted by Crippen LogP contribution is -2.30. The topological polar surface area (TPSA) is 237 Å². The molecule has 0 fully saturated rings. The number of carbonyl (C=O) groups is 4. The van der Waals surface area contributed by atoms with Gasteiger partial charge >= 0.3 is 39.5 Å². The Hall–Kier alpha value is -1.94. The van der Waals surface area contributed by atoms with Gasteiger partial charge in [-0.1, -0.05) is 388 Å². The molecule has 0 radical (unpaired) electrons. The van der Waals surface area contributed by atoms with E-state index in [0.29, 0.717) is 25.7 Å². The van der Waals surface area contributed by atoms with Crippen LogP contribution in [0.2, 0.25) is 0 Å². The maximum Gasteiger partial charge on any atom is 0.472 e. The lowest BCUT2D eigenvalue weighted by atomic mass is 10.0. The molecule has 0 aliphatic carbocycles. The van der Waals surface area contributed by atoms with E-state index in [4.69, 9.17) is 37.0 Å². The molecule has 2 unspecified atom stereocenters. The Labute approximate surface area is 626 Å². The van der Waals surface area contributed by atoms with Crippen LogP contribution in [0, 0.1) is 11.8 Å². The van der Waals surface area contributed by atoms with Gasteiger partial charge in [-0.15, -0.1) is 0 Å². The molecule has 0 aromatic carbocycles. The minimum absolute atomic E-state index is 0.108. The summed E-state index contributed by atoms with van der Waals surface area (Å²) < 4.78 is 68.6. The van der Waals surface area contributed by atoms with E-state index in [9.17, 15) is 43.2 Å². The number of rotatable bonds is 82. The number of hydrogen-bond acceptors (Lipinski definition) is 15. The van der Waals surface area contributed by atoms with Crippen LogP contribution in [0.25, 0.3) is 0 Å². The lowest BCUT2D eigenvalue weighted by molar-refractivity contribution is -0.161. The highest BCUT2D eigenvalue weighted by atomic mass is 31.2. The van der Waals surface area contributed by atoms with Gasteiger partial charge in [-0.25, -0.2) is 9.13 Å². The van der Waals surface area contributed by atoms with Crippen LogP contribution < -0.4 is 0 Å². The number of ether oxygens (including phenoxy) is 4. The van der Waals surface area contributed by atoms with Crippen LogP contribution in [0.15, 0.2) is 0 Å². The zero-order chi connectivity index (χ0) is 74.9. The minimum Gasteiger partial charge on any atom is -0.462 e. The van der Waals surface area contributed by atoms with Gasteiger partial charge in [-0.05, 0) is 37.5 Å². The van der Waals surface area contributed by atoms with Crippen LogP contribution in [0.4, 0.5) is 0 Å². The number of phosphoric acid groups is 2. The van der Waals surface area contributed by atoms with Crippen molar-refractivity contribution in [1.29, 1.82) is 0 Å².